The monoisotopic (exact) mass is 493 g/mol. The van der Waals surface area contributed by atoms with Gasteiger partial charge in [-0.05, 0) is 64.3 Å². The third-order valence-electron chi connectivity index (χ3n) is 6.83. The van der Waals surface area contributed by atoms with Gasteiger partial charge in [-0.15, -0.1) is 0 Å². The normalized spacial score (nSPS) is 24.9. The zero-order valence-corrected chi connectivity index (χ0v) is 23.0. The van der Waals surface area contributed by atoms with E-state index in [2.05, 4.69) is 24.6 Å². The predicted molar refractivity (Wildman–Crippen MR) is 139 cm³/mol. The van der Waals surface area contributed by atoms with Gasteiger partial charge >= 0.3 is 5.97 Å². The summed E-state index contributed by atoms with van der Waals surface area (Å²) in [6.45, 7) is 23.1. The molecule has 7 nitrogen and oxygen atoms in total. The van der Waals surface area contributed by atoms with Crippen molar-refractivity contribution in [2.24, 2.45) is 17.8 Å². The first-order valence-corrected chi connectivity index (χ1v) is 12.6. The van der Waals surface area contributed by atoms with Crippen molar-refractivity contribution in [1.29, 1.82) is 0 Å². The van der Waals surface area contributed by atoms with Crippen LogP contribution in [-0.2, 0) is 23.8 Å². The molecule has 0 aromatic heterocycles. The molecular weight excluding hydrogens is 446 g/mol. The van der Waals surface area contributed by atoms with Crippen molar-refractivity contribution >= 4 is 11.8 Å². The number of ketones is 1. The van der Waals surface area contributed by atoms with Crippen LogP contribution in [0.2, 0.25) is 0 Å². The van der Waals surface area contributed by atoms with Crippen molar-refractivity contribution in [2.75, 3.05) is 20.7 Å². The highest BCUT2D eigenvalue weighted by molar-refractivity contribution is 5.95. The Labute approximate surface area is 212 Å². The van der Waals surface area contributed by atoms with Gasteiger partial charge < -0.3 is 24.2 Å². The van der Waals surface area contributed by atoms with Crippen molar-refractivity contribution < 1.29 is 28.9 Å². The van der Waals surface area contributed by atoms with Gasteiger partial charge in [0, 0.05) is 24.5 Å². The Kier molecular flexibility index (Phi) is 12.6. The molecule has 0 spiro atoms. The third-order valence-corrected chi connectivity index (χ3v) is 6.83. The van der Waals surface area contributed by atoms with E-state index in [-0.39, 0.29) is 47.9 Å². The number of esters is 1. The summed E-state index contributed by atoms with van der Waals surface area (Å²) in [5.41, 5.74) is 1.43. The zero-order valence-electron chi connectivity index (χ0n) is 23.0. The molecule has 0 radical (unpaired) electrons. The van der Waals surface area contributed by atoms with Gasteiger partial charge in [0.15, 0.2) is 12.1 Å². The number of aliphatic hydroxyl groups excluding tert-OH is 1. The van der Waals surface area contributed by atoms with E-state index in [9.17, 15) is 14.7 Å². The summed E-state index contributed by atoms with van der Waals surface area (Å²) in [4.78, 5) is 27.7. The molecule has 1 rings (SSSR count). The lowest BCUT2D eigenvalue weighted by atomic mass is 9.86. The first-order valence-electron chi connectivity index (χ1n) is 12.6. The fraction of sp³-hybridized carbons (Fsp3) is 0.714. The van der Waals surface area contributed by atoms with E-state index in [0.29, 0.717) is 18.4 Å². The first-order chi connectivity index (χ1) is 16.2. The maximum atomic E-state index is 13.1. The summed E-state index contributed by atoms with van der Waals surface area (Å²) in [5, 5.41) is 9.51. The van der Waals surface area contributed by atoms with Gasteiger partial charge in [-0.2, -0.15) is 0 Å². The van der Waals surface area contributed by atoms with Crippen molar-refractivity contribution in [1.82, 2.24) is 4.90 Å². The van der Waals surface area contributed by atoms with E-state index in [4.69, 9.17) is 14.2 Å². The van der Waals surface area contributed by atoms with Crippen LogP contribution < -0.4 is 0 Å². The minimum atomic E-state index is -0.750. The van der Waals surface area contributed by atoms with E-state index in [1.807, 2.05) is 48.7 Å². The summed E-state index contributed by atoms with van der Waals surface area (Å²) in [5.74, 6) is -1.34. The van der Waals surface area contributed by atoms with Crippen molar-refractivity contribution in [3.8, 4) is 0 Å². The van der Waals surface area contributed by atoms with E-state index in [1.54, 1.807) is 6.92 Å². The third kappa shape index (κ3) is 8.67. The summed E-state index contributed by atoms with van der Waals surface area (Å²) in [6, 6.07) is 0.0683. The van der Waals surface area contributed by atoms with Crippen molar-refractivity contribution in [2.45, 2.75) is 91.4 Å². The standard InChI is InChI=1S/C28H47NO6/c1-12-24(19(6)15-30)34-27(32)22(9)26(18(5)13-17(4)25(31)16(2)3)35-28-21(8)23(29(10)11)14-20(7)33-28/h17-20,23-24,26,28,30H,2,8-9,12-15H2,1,3-7,10-11H3/t17-,18+,19-,20-,23+,24-,26+,28+/m1/s1. The van der Waals surface area contributed by atoms with Crippen molar-refractivity contribution in [3.63, 3.8) is 0 Å². The number of nitrogens with zero attached hydrogens (tertiary/aromatic N) is 1. The topological polar surface area (TPSA) is 85.3 Å². The number of ether oxygens (including phenoxy) is 3. The number of hydrogen-bond donors (Lipinski definition) is 1. The predicted octanol–water partition coefficient (Wildman–Crippen LogP) is 4.31. The molecule has 0 bridgehead atoms. The molecule has 1 aliphatic rings. The number of likely N-dealkylation sites (N-methyl/N-ethyl adjacent to an activating group) is 1. The van der Waals surface area contributed by atoms with Gasteiger partial charge in [0.1, 0.15) is 6.10 Å². The zero-order chi connectivity index (χ0) is 27.0. The maximum absolute atomic E-state index is 13.1. The van der Waals surface area contributed by atoms with Crippen LogP contribution in [0.5, 0.6) is 0 Å². The Morgan fingerprint density at radius 3 is 2.29 bits per heavy atom. The highest BCUT2D eigenvalue weighted by atomic mass is 16.7. The summed E-state index contributed by atoms with van der Waals surface area (Å²) in [7, 11) is 3.97. The van der Waals surface area contributed by atoms with Crippen LogP contribution in [0.1, 0.15) is 60.8 Å². The molecular formula is C28H47NO6. The second kappa shape index (κ2) is 14.1. The summed E-state index contributed by atoms with van der Waals surface area (Å²) >= 11 is 0. The van der Waals surface area contributed by atoms with Gasteiger partial charge in [0.2, 0.25) is 0 Å². The molecule has 35 heavy (non-hydrogen) atoms. The second-order valence-corrected chi connectivity index (χ2v) is 10.4. The Balaban J connectivity index is 3.20. The fourth-order valence-electron chi connectivity index (χ4n) is 4.59. The largest absolute Gasteiger partial charge is 0.459 e. The highest BCUT2D eigenvalue weighted by Gasteiger charge is 2.38. The van der Waals surface area contributed by atoms with Crippen LogP contribution in [-0.4, -0.2) is 73.1 Å². The number of allylic oxidation sites excluding steroid dienone is 1. The Morgan fingerprint density at radius 2 is 1.80 bits per heavy atom. The SMILES string of the molecule is C=C(C)C(=O)[C@H](C)C[C@H](C)[C@H](O[C@@H]1O[C@H](C)C[C@H](N(C)C)C1=C)C(=C)C(=O)O[C@H](CC)[C@H](C)CO. The van der Waals surface area contributed by atoms with Gasteiger partial charge in [-0.1, -0.05) is 47.4 Å². The van der Waals surface area contributed by atoms with E-state index < -0.39 is 24.5 Å². The highest BCUT2D eigenvalue weighted by Crippen LogP contribution is 2.33. The molecule has 7 heteroatoms. The Morgan fingerprint density at radius 1 is 1.20 bits per heavy atom. The van der Waals surface area contributed by atoms with E-state index in [1.165, 1.54) is 0 Å². The first kappa shape index (κ1) is 31.2. The summed E-state index contributed by atoms with van der Waals surface area (Å²) < 4.78 is 18.2. The number of hydrogen-bond acceptors (Lipinski definition) is 7. The van der Waals surface area contributed by atoms with E-state index in [0.717, 1.165) is 12.0 Å². The number of Topliss-reactive ketones (excluding diaryl/α,β-unsaturated/α-hetero) is 1. The van der Waals surface area contributed by atoms with E-state index >= 15 is 0 Å². The van der Waals surface area contributed by atoms with Gasteiger partial charge in [-0.3, -0.25) is 4.79 Å². The molecule has 1 saturated heterocycles. The fourth-order valence-corrected chi connectivity index (χ4v) is 4.59. The number of rotatable bonds is 14. The van der Waals surface area contributed by atoms with Crippen LogP contribution in [0.15, 0.2) is 36.5 Å². The van der Waals surface area contributed by atoms with Crippen LogP contribution in [0.25, 0.3) is 0 Å². The van der Waals surface area contributed by atoms with Crippen molar-refractivity contribution in [3.05, 3.63) is 36.5 Å². The van der Waals surface area contributed by atoms with Crippen LogP contribution in [0, 0.1) is 17.8 Å². The van der Waals surface area contributed by atoms with Crippen LogP contribution in [0.4, 0.5) is 0 Å². The lowest BCUT2D eigenvalue weighted by Gasteiger charge is -2.41. The van der Waals surface area contributed by atoms with Gasteiger partial charge in [-0.25, -0.2) is 4.79 Å². The molecule has 1 fully saturated rings. The molecule has 0 aromatic rings. The molecule has 0 amide bonds. The molecule has 8 atom stereocenters. The van der Waals surface area contributed by atoms with Gasteiger partial charge in [0.05, 0.1) is 17.8 Å². The lowest BCUT2D eigenvalue weighted by molar-refractivity contribution is -0.195. The maximum Gasteiger partial charge on any atom is 0.336 e. The molecule has 200 valence electrons. The molecule has 0 aliphatic carbocycles. The number of carbonyl (C=O) groups is 2. The molecule has 1 aliphatic heterocycles. The van der Waals surface area contributed by atoms with Crippen LogP contribution in [0.3, 0.4) is 0 Å². The molecule has 0 aromatic carbocycles. The quantitative estimate of drug-likeness (QED) is 0.219. The lowest BCUT2D eigenvalue weighted by Crippen LogP contribution is -2.47. The average Bonchev–Trinajstić information content (AvgIpc) is 2.80. The Bertz CT molecular complexity index is 775. The van der Waals surface area contributed by atoms with Gasteiger partial charge in [0.25, 0.3) is 0 Å². The molecule has 0 saturated carbocycles. The second-order valence-electron chi connectivity index (χ2n) is 10.4. The molecule has 0 unspecified atom stereocenters. The summed E-state index contributed by atoms with van der Waals surface area (Å²) in [6.07, 6.45) is -0.157. The number of aliphatic hydroxyl groups is 1. The minimum Gasteiger partial charge on any atom is -0.459 e. The smallest absolute Gasteiger partial charge is 0.336 e. The Hall–Kier alpha value is -1.80. The number of carbonyl (C=O) groups excluding carboxylic acids is 2. The minimum absolute atomic E-state index is 0.0220. The molecule has 1 N–H and O–H groups in total. The average molecular weight is 494 g/mol. The van der Waals surface area contributed by atoms with Crippen LogP contribution >= 0.6 is 0 Å². The molecule has 1 heterocycles.